The zero-order valence-corrected chi connectivity index (χ0v) is 18.4. The topological polar surface area (TPSA) is 55.8 Å². The quantitative estimate of drug-likeness (QED) is 0.594. The molecule has 0 bridgehead atoms. The van der Waals surface area contributed by atoms with E-state index in [1.54, 1.807) is 6.92 Å². The van der Waals surface area contributed by atoms with Crippen LogP contribution in [0.2, 0.25) is 0 Å². The lowest BCUT2D eigenvalue weighted by atomic mass is 9.78. The predicted molar refractivity (Wildman–Crippen MR) is 108 cm³/mol. The molecular weight excluding hydrogens is 340 g/mol. The van der Waals surface area contributed by atoms with Gasteiger partial charge in [0, 0.05) is 17.5 Å². The second-order valence-corrected chi connectivity index (χ2v) is 10.1. The number of carbonyl (C=O) groups is 1. The summed E-state index contributed by atoms with van der Waals surface area (Å²) in [5.74, 6) is -2.05. The van der Waals surface area contributed by atoms with E-state index in [0.717, 1.165) is 23.1 Å². The molecule has 0 radical (unpaired) electrons. The Hall–Kier alpha value is -1.39. The van der Waals surface area contributed by atoms with Gasteiger partial charge in [0.25, 0.3) is 0 Å². The van der Waals surface area contributed by atoms with E-state index in [4.69, 9.17) is 9.47 Å². The molecule has 2 rings (SSSR count). The van der Waals surface area contributed by atoms with Gasteiger partial charge in [-0.3, -0.25) is 4.79 Å². The van der Waals surface area contributed by atoms with Crippen LogP contribution in [0.4, 0.5) is 0 Å². The Kier molecular flexibility index (Phi) is 5.85. The minimum absolute atomic E-state index is 0.0557. The number of aryl methyl sites for hydroxylation is 1. The van der Waals surface area contributed by atoms with Crippen LogP contribution in [0, 0.1) is 12.8 Å². The van der Waals surface area contributed by atoms with Gasteiger partial charge in [0.1, 0.15) is 11.7 Å². The van der Waals surface area contributed by atoms with Crippen molar-refractivity contribution in [2.45, 2.75) is 97.9 Å². The van der Waals surface area contributed by atoms with Crippen LogP contribution in [0.1, 0.15) is 84.9 Å². The second kappa shape index (κ2) is 7.21. The summed E-state index contributed by atoms with van der Waals surface area (Å²) in [7, 11) is 0. The molecule has 1 aromatic carbocycles. The predicted octanol–water partition coefficient (Wildman–Crippen LogP) is 5.02. The number of esters is 1. The molecule has 27 heavy (non-hydrogen) atoms. The number of hydrogen-bond acceptors (Lipinski definition) is 4. The first-order chi connectivity index (χ1) is 12.1. The second-order valence-electron chi connectivity index (χ2n) is 10.1. The first kappa shape index (κ1) is 21.9. The summed E-state index contributed by atoms with van der Waals surface area (Å²) < 4.78 is 11.6. The highest BCUT2D eigenvalue weighted by molar-refractivity contribution is 5.77. The SMILES string of the molecule is Cc1cc(C(C)(C)C)c(OC(=O)C(C)C2(O)CCC(C)O2)c(C(C)(C)C)c1. The van der Waals surface area contributed by atoms with Gasteiger partial charge in [0.15, 0.2) is 5.79 Å². The van der Waals surface area contributed by atoms with Gasteiger partial charge in [-0.15, -0.1) is 0 Å². The number of hydrogen-bond donors (Lipinski definition) is 1. The highest BCUT2D eigenvalue weighted by atomic mass is 16.6. The van der Waals surface area contributed by atoms with Gasteiger partial charge in [0.2, 0.25) is 0 Å². The van der Waals surface area contributed by atoms with Crippen molar-refractivity contribution in [2.75, 3.05) is 0 Å². The Morgan fingerprint density at radius 1 is 1.19 bits per heavy atom. The first-order valence-electron chi connectivity index (χ1n) is 9.92. The smallest absolute Gasteiger partial charge is 0.319 e. The summed E-state index contributed by atoms with van der Waals surface area (Å²) in [6.07, 6.45) is 1.12. The van der Waals surface area contributed by atoms with E-state index in [0.29, 0.717) is 12.2 Å². The Morgan fingerprint density at radius 2 is 1.67 bits per heavy atom. The minimum Gasteiger partial charge on any atom is -0.426 e. The average molecular weight is 377 g/mol. The van der Waals surface area contributed by atoms with Crippen molar-refractivity contribution in [2.24, 2.45) is 5.92 Å². The lowest BCUT2D eigenvalue weighted by Gasteiger charge is -2.32. The first-order valence-corrected chi connectivity index (χ1v) is 9.92. The van der Waals surface area contributed by atoms with Crippen LogP contribution in [0.5, 0.6) is 5.75 Å². The molecule has 1 aliphatic rings. The molecule has 0 aliphatic carbocycles. The van der Waals surface area contributed by atoms with E-state index < -0.39 is 17.7 Å². The van der Waals surface area contributed by atoms with Crippen molar-refractivity contribution < 1.29 is 19.4 Å². The third-order valence-electron chi connectivity index (χ3n) is 5.40. The molecule has 1 aliphatic heterocycles. The van der Waals surface area contributed by atoms with E-state index in [1.165, 1.54) is 0 Å². The zero-order valence-electron chi connectivity index (χ0n) is 18.4. The van der Waals surface area contributed by atoms with Crippen molar-refractivity contribution in [1.29, 1.82) is 0 Å². The lowest BCUT2D eigenvalue weighted by Crippen LogP contribution is -2.42. The van der Waals surface area contributed by atoms with Crippen LogP contribution in [-0.2, 0) is 20.4 Å². The van der Waals surface area contributed by atoms with Crippen LogP contribution in [-0.4, -0.2) is 23.0 Å². The summed E-state index contributed by atoms with van der Waals surface area (Å²) in [5, 5.41) is 10.8. The van der Waals surface area contributed by atoms with Gasteiger partial charge in [-0.05, 0) is 38.0 Å². The van der Waals surface area contributed by atoms with Crippen LogP contribution in [0.15, 0.2) is 12.1 Å². The maximum Gasteiger partial charge on any atom is 0.319 e. The standard InChI is InChI=1S/C23H36O4/c1-14-12-17(21(4,5)6)19(18(13-14)22(7,8)9)26-20(24)16(3)23(25)11-10-15(2)27-23/h12-13,15-16,25H,10-11H2,1-9H3. The highest BCUT2D eigenvalue weighted by Gasteiger charge is 2.46. The molecule has 0 aromatic heterocycles. The molecule has 1 fully saturated rings. The molecule has 1 heterocycles. The lowest BCUT2D eigenvalue weighted by molar-refractivity contribution is -0.222. The summed E-state index contributed by atoms with van der Waals surface area (Å²) in [6, 6.07) is 4.18. The average Bonchev–Trinajstić information content (AvgIpc) is 2.86. The zero-order chi connectivity index (χ0) is 20.8. The highest BCUT2D eigenvalue weighted by Crippen LogP contribution is 2.42. The summed E-state index contributed by atoms with van der Waals surface area (Å²) in [5.41, 5.74) is 2.78. The summed E-state index contributed by atoms with van der Waals surface area (Å²) in [6.45, 7) is 18.3. The molecule has 1 saturated heterocycles. The Morgan fingerprint density at radius 3 is 2.04 bits per heavy atom. The molecule has 4 nitrogen and oxygen atoms in total. The Labute approximate surface area is 164 Å². The fraction of sp³-hybridized carbons (Fsp3) is 0.696. The van der Waals surface area contributed by atoms with Crippen molar-refractivity contribution in [3.63, 3.8) is 0 Å². The summed E-state index contributed by atoms with van der Waals surface area (Å²) >= 11 is 0. The fourth-order valence-electron chi connectivity index (χ4n) is 3.57. The molecule has 1 N–H and O–H groups in total. The monoisotopic (exact) mass is 376 g/mol. The van der Waals surface area contributed by atoms with Crippen LogP contribution >= 0.6 is 0 Å². The van der Waals surface area contributed by atoms with Gasteiger partial charge >= 0.3 is 5.97 Å². The number of benzene rings is 1. The van der Waals surface area contributed by atoms with Crippen molar-refractivity contribution in [3.05, 3.63) is 28.8 Å². The van der Waals surface area contributed by atoms with Crippen molar-refractivity contribution in [1.82, 2.24) is 0 Å². The maximum atomic E-state index is 13.0. The van der Waals surface area contributed by atoms with Crippen molar-refractivity contribution in [3.8, 4) is 5.75 Å². The Bertz CT molecular complexity index is 673. The normalized spacial score (nSPS) is 24.7. The molecule has 0 spiro atoms. The van der Waals surface area contributed by atoms with Crippen molar-refractivity contribution >= 4 is 5.97 Å². The fourth-order valence-corrected chi connectivity index (χ4v) is 3.57. The number of rotatable bonds is 3. The molecule has 152 valence electrons. The molecule has 4 heteroatoms. The maximum absolute atomic E-state index is 13.0. The van der Waals surface area contributed by atoms with E-state index in [2.05, 4.69) is 60.6 Å². The minimum atomic E-state index is -1.45. The van der Waals surface area contributed by atoms with Crippen LogP contribution < -0.4 is 4.74 Å². The molecule has 3 unspecified atom stereocenters. The molecule has 0 amide bonds. The van der Waals surface area contributed by atoms with E-state index in [9.17, 15) is 9.90 Å². The number of ether oxygens (including phenoxy) is 2. The van der Waals surface area contributed by atoms with Gasteiger partial charge < -0.3 is 14.6 Å². The molecule has 3 atom stereocenters. The third kappa shape index (κ3) is 4.72. The molecule has 0 saturated carbocycles. The van der Waals surface area contributed by atoms with Gasteiger partial charge in [-0.2, -0.15) is 0 Å². The summed E-state index contributed by atoms with van der Waals surface area (Å²) in [4.78, 5) is 13.0. The van der Waals surface area contributed by atoms with E-state index >= 15 is 0 Å². The van der Waals surface area contributed by atoms with E-state index in [-0.39, 0.29) is 16.9 Å². The molecule has 1 aromatic rings. The largest absolute Gasteiger partial charge is 0.426 e. The number of aliphatic hydroxyl groups is 1. The van der Waals surface area contributed by atoms with Gasteiger partial charge in [-0.25, -0.2) is 0 Å². The Balaban J connectivity index is 2.46. The van der Waals surface area contributed by atoms with Crippen LogP contribution in [0.3, 0.4) is 0 Å². The molecular formula is C23H36O4. The van der Waals surface area contributed by atoms with Crippen LogP contribution in [0.25, 0.3) is 0 Å². The third-order valence-corrected chi connectivity index (χ3v) is 5.40. The van der Waals surface area contributed by atoms with Gasteiger partial charge in [-0.1, -0.05) is 59.2 Å². The number of carbonyl (C=O) groups excluding carboxylic acids is 1. The van der Waals surface area contributed by atoms with E-state index in [1.807, 2.05) is 6.92 Å². The van der Waals surface area contributed by atoms with Gasteiger partial charge in [0.05, 0.1) is 6.10 Å².